The van der Waals surface area contributed by atoms with Crippen LogP contribution in [-0.4, -0.2) is 20.2 Å². The zero-order valence-electron chi connectivity index (χ0n) is 12.6. The Hall–Kier alpha value is -3.03. The van der Waals surface area contributed by atoms with Crippen molar-refractivity contribution in [3.8, 4) is 5.75 Å². The first kappa shape index (κ1) is 14.9. The van der Waals surface area contributed by atoms with E-state index >= 15 is 0 Å². The minimum atomic E-state index is -0.511. The number of anilines is 2. The van der Waals surface area contributed by atoms with Crippen molar-refractivity contribution in [1.29, 1.82) is 0 Å². The number of benzene rings is 1. The maximum atomic E-state index is 13.6. The normalized spacial score (nSPS) is 10.6. The van der Waals surface area contributed by atoms with Crippen LogP contribution < -0.4 is 10.1 Å². The molecule has 0 bridgehead atoms. The fourth-order valence-corrected chi connectivity index (χ4v) is 1.86. The van der Waals surface area contributed by atoms with E-state index in [1.807, 2.05) is 0 Å². The van der Waals surface area contributed by atoms with E-state index < -0.39 is 5.82 Å². The van der Waals surface area contributed by atoms with Gasteiger partial charge in [-0.25, -0.2) is 14.4 Å². The molecule has 0 aliphatic carbocycles. The molecule has 0 saturated heterocycles. The summed E-state index contributed by atoms with van der Waals surface area (Å²) in [7, 11) is 0. The van der Waals surface area contributed by atoms with Crippen molar-refractivity contribution in [1.82, 2.24) is 20.2 Å². The molecular weight excluding hydrogens is 301 g/mol. The standard InChI is InChI=1S/C15H14FN5O2/c1-9-17-7-13(16)15(18-9)19-11-3-5-12(6-4-11)22-8-14-21-20-10(2)23-14/h3-7H,8H2,1-2H3,(H,17,18,19). The van der Waals surface area contributed by atoms with Gasteiger partial charge in [0.15, 0.2) is 18.2 Å². The van der Waals surface area contributed by atoms with Crippen molar-refractivity contribution in [2.24, 2.45) is 0 Å². The van der Waals surface area contributed by atoms with Crippen LogP contribution >= 0.6 is 0 Å². The third kappa shape index (κ3) is 3.79. The first-order valence-electron chi connectivity index (χ1n) is 6.88. The minimum Gasteiger partial charge on any atom is -0.484 e. The molecule has 1 N–H and O–H groups in total. The molecule has 118 valence electrons. The van der Waals surface area contributed by atoms with Crippen molar-refractivity contribution in [2.45, 2.75) is 20.5 Å². The first-order valence-corrected chi connectivity index (χ1v) is 6.88. The Labute approximate surface area is 131 Å². The third-order valence-electron chi connectivity index (χ3n) is 2.91. The minimum absolute atomic E-state index is 0.132. The Balaban J connectivity index is 1.63. The number of ether oxygens (including phenoxy) is 1. The van der Waals surface area contributed by atoms with Gasteiger partial charge in [-0.2, -0.15) is 0 Å². The van der Waals surface area contributed by atoms with Crippen LogP contribution in [0.25, 0.3) is 0 Å². The maximum absolute atomic E-state index is 13.6. The average Bonchev–Trinajstić information content (AvgIpc) is 2.96. The Morgan fingerprint density at radius 2 is 1.96 bits per heavy atom. The number of aryl methyl sites for hydroxylation is 2. The van der Waals surface area contributed by atoms with Crippen LogP contribution in [0.3, 0.4) is 0 Å². The van der Waals surface area contributed by atoms with E-state index in [1.165, 1.54) is 0 Å². The van der Waals surface area contributed by atoms with E-state index in [-0.39, 0.29) is 12.4 Å². The van der Waals surface area contributed by atoms with E-state index in [9.17, 15) is 4.39 Å². The smallest absolute Gasteiger partial charge is 0.253 e. The molecule has 7 nitrogen and oxygen atoms in total. The molecular formula is C15H14FN5O2. The first-order chi connectivity index (χ1) is 11.1. The van der Waals surface area contributed by atoms with Crippen LogP contribution in [0.1, 0.15) is 17.6 Å². The van der Waals surface area contributed by atoms with Gasteiger partial charge in [0.1, 0.15) is 11.6 Å². The molecule has 0 saturated carbocycles. The van der Waals surface area contributed by atoms with E-state index in [1.54, 1.807) is 38.1 Å². The fraction of sp³-hybridized carbons (Fsp3) is 0.200. The van der Waals surface area contributed by atoms with Gasteiger partial charge < -0.3 is 14.5 Å². The molecule has 8 heteroatoms. The SMILES string of the molecule is Cc1ncc(F)c(Nc2ccc(OCc3nnc(C)o3)cc2)n1. The van der Waals surface area contributed by atoms with Gasteiger partial charge in [-0.05, 0) is 31.2 Å². The Morgan fingerprint density at radius 1 is 1.17 bits per heavy atom. The second-order valence-electron chi connectivity index (χ2n) is 4.77. The van der Waals surface area contributed by atoms with Gasteiger partial charge in [-0.1, -0.05) is 0 Å². The highest BCUT2D eigenvalue weighted by Crippen LogP contribution is 2.21. The molecule has 2 heterocycles. The van der Waals surface area contributed by atoms with Crippen molar-refractivity contribution >= 4 is 11.5 Å². The topological polar surface area (TPSA) is 86.0 Å². The molecule has 0 amide bonds. The van der Waals surface area contributed by atoms with Gasteiger partial charge in [-0.3, -0.25) is 0 Å². The molecule has 0 aliphatic rings. The second kappa shape index (κ2) is 6.39. The third-order valence-corrected chi connectivity index (χ3v) is 2.91. The van der Waals surface area contributed by atoms with Crippen molar-refractivity contribution in [3.05, 3.63) is 53.9 Å². The molecule has 0 radical (unpaired) electrons. The van der Waals surface area contributed by atoms with E-state index in [2.05, 4.69) is 25.5 Å². The lowest BCUT2D eigenvalue weighted by Gasteiger charge is -2.08. The fourth-order valence-electron chi connectivity index (χ4n) is 1.86. The van der Waals surface area contributed by atoms with Gasteiger partial charge in [0, 0.05) is 12.6 Å². The average molecular weight is 315 g/mol. The lowest BCUT2D eigenvalue weighted by atomic mass is 10.3. The molecule has 2 aromatic heterocycles. The van der Waals surface area contributed by atoms with Crippen molar-refractivity contribution in [2.75, 3.05) is 5.32 Å². The molecule has 3 aromatic rings. The van der Waals surface area contributed by atoms with Gasteiger partial charge in [-0.15, -0.1) is 10.2 Å². The molecule has 0 fully saturated rings. The molecule has 3 rings (SSSR count). The largest absolute Gasteiger partial charge is 0.484 e. The Bertz CT molecular complexity index is 804. The Kier molecular flexibility index (Phi) is 4.13. The summed E-state index contributed by atoms with van der Waals surface area (Å²) < 4.78 is 24.4. The molecule has 0 spiro atoms. The highest BCUT2D eigenvalue weighted by atomic mass is 19.1. The number of hydrogen-bond acceptors (Lipinski definition) is 7. The van der Waals surface area contributed by atoms with Crippen molar-refractivity contribution < 1.29 is 13.5 Å². The maximum Gasteiger partial charge on any atom is 0.253 e. The zero-order valence-corrected chi connectivity index (χ0v) is 12.6. The lowest BCUT2D eigenvalue weighted by molar-refractivity contribution is 0.260. The molecule has 0 aliphatic heterocycles. The summed E-state index contributed by atoms with van der Waals surface area (Å²) in [6, 6.07) is 7.01. The van der Waals surface area contributed by atoms with Crippen LogP contribution in [0.5, 0.6) is 5.75 Å². The van der Waals surface area contributed by atoms with E-state index in [0.717, 1.165) is 6.20 Å². The summed E-state index contributed by atoms with van der Waals surface area (Å²) in [6.07, 6.45) is 1.13. The van der Waals surface area contributed by atoms with Crippen LogP contribution in [0.4, 0.5) is 15.9 Å². The number of nitrogens with zero attached hydrogens (tertiary/aromatic N) is 4. The molecule has 1 aromatic carbocycles. The van der Waals surface area contributed by atoms with Crippen LogP contribution in [0, 0.1) is 19.7 Å². The summed E-state index contributed by atoms with van der Waals surface area (Å²) in [6.45, 7) is 3.60. The highest BCUT2D eigenvalue weighted by molar-refractivity contribution is 5.57. The summed E-state index contributed by atoms with van der Waals surface area (Å²) in [5.74, 6) is 1.64. The van der Waals surface area contributed by atoms with Crippen LogP contribution in [0.2, 0.25) is 0 Å². The van der Waals surface area contributed by atoms with Gasteiger partial charge in [0.2, 0.25) is 5.89 Å². The van der Waals surface area contributed by atoms with E-state index in [0.29, 0.717) is 29.0 Å². The predicted octanol–water partition coefficient (Wildman–Crippen LogP) is 2.94. The van der Waals surface area contributed by atoms with Gasteiger partial charge in [0.05, 0.1) is 6.20 Å². The number of aromatic nitrogens is 4. The summed E-state index contributed by atoms with van der Waals surface area (Å²) >= 11 is 0. The van der Waals surface area contributed by atoms with Crippen LogP contribution in [-0.2, 0) is 6.61 Å². The van der Waals surface area contributed by atoms with Crippen molar-refractivity contribution in [3.63, 3.8) is 0 Å². The highest BCUT2D eigenvalue weighted by Gasteiger charge is 2.06. The van der Waals surface area contributed by atoms with Gasteiger partial charge in [0.25, 0.3) is 5.89 Å². The molecule has 0 unspecified atom stereocenters. The second-order valence-corrected chi connectivity index (χ2v) is 4.77. The predicted molar refractivity (Wildman–Crippen MR) is 79.8 cm³/mol. The summed E-state index contributed by atoms with van der Waals surface area (Å²) in [5, 5.41) is 10.5. The zero-order chi connectivity index (χ0) is 16.2. The molecule has 23 heavy (non-hydrogen) atoms. The summed E-state index contributed by atoms with van der Waals surface area (Å²) in [5.41, 5.74) is 0.683. The van der Waals surface area contributed by atoms with Crippen LogP contribution in [0.15, 0.2) is 34.9 Å². The number of nitrogens with one attached hydrogen (secondary N) is 1. The van der Waals surface area contributed by atoms with Gasteiger partial charge >= 0.3 is 0 Å². The monoisotopic (exact) mass is 315 g/mol. The molecule has 0 atom stereocenters. The Morgan fingerprint density at radius 3 is 2.65 bits per heavy atom. The number of hydrogen-bond donors (Lipinski definition) is 1. The van der Waals surface area contributed by atoms with E-state index in [4.69, 9.17) is 9.15 Å². The quantitative estimate of drug-likeness (QED) is 0.774. The summed E-state index contributed by atoms with van der Waals surface area (Å²) in [4.78, 5) is 7.80. The number of rotatable bonds is 5. The number of halogens is 1. The lowest BCUT2D eigenvalue weighted by Crippen LogP contribution is -2.00.